The maximum atomic E-state index is 12.0. The summed E-state index contributed by atoms with van der Waals surface area (Å²) in [6, 6.07) is 13.2. The van der Waals surface area contributed by atoms with Crippen molar-refractivity contribution in [2.75, 3.05) is 0 Å². The number of carbonyl (C=O) groups excluding carboxylic acids is 2. The Morgan fingerprint density at radius 2 is 1.81 bits per heavy atom. The molecule has 2 N–H and O–H groups in total. The van der Waals surface area contributed by atoms with Gasteiger partial charge in [-0.15, -0.1) is 0 Å². The summed E-state index contributed by atoms with van der Waals surface area (Å²) >= 11 is 0. The molecule has 0 aliphatic carbocycles. The highest BCUT2D eigenvalue weighted by Crippen LogP contribution is 2.12. The van der Waals surface area contributed by atoms with Crippen molar-refractivity contribution >= 4 is 11.8 Å². The molecule has 5 nitrogen and oxygen atoms in total. The SMILES string of the molecule is Cc1ccccc1CN(Cc1ccccn1)C(=O)C(N)=O. The second-order valence-electron chi connectivity index (χ2n) is 4.77. The number of rotatable bonds is 4. The Hall–Kier alpha value is -2.69. The van der Waals surface area contributed by atoms with Gasteiger partial charge in [-0.2, -0.15) is 0 Å². The molecular formula is C16H17N3O2. The van der Waals surface area contributed by atoms with Gasteiger partial charge in [-0.25, -0.2) is 0 Å². The highest BCUT2D eigenvalue weighted by Gasteiger charge is 2.20. The predicted molar refractivity (Wildman–Crippen MR) is 78.9 cm³/mol. The number of benzene rings is 1. The van der Waals surface area contributed by atoms with Gasteiger partial charge in [0.05, 0.1) is 12.2 Å². The molecule has 1 aromatic heterocycles. The maximum Gasteiger partial charge on any atom is 0.312 e. The van der Waals surface area contributed by atoms with Crippen LogP contribution in [0.15, 0.2) is 48.7 Å². The first-order chi connectivity index (χ1) is 10.1. The van der Waals surface area contributed by atoms with Gasteiger partial charge in [0, 0.05) is 12.7 Å². The van der Waals surface area contributed by atoms with E-state index >= 15 is 0 Å². The molecule has 1 aromatic carbocycles. The molecule has 108 valence electrons. The molecule has 0 saturated heterocycles. The number of primary amides is 1. The second kappa shape index (κ2) is 6.65. The van der Waals surface area contributed by atoms with Gasteiger partial charge in [-0.3, -0.25) is 14.6 Å². The monoisotopic (exact) mass is 283 g/mol. The molecule has 5 heteroatoms. The third-order valence-electron chi connectivity index (χ3n) is 3.20. The van der Waals surface area contributed by atoms with Crippen molar-refractivity contribution < 1.29 is 9.59 Å². The van der Waals surface area contributed by atoms with Crippen LogP contribution >= 0.6 is 0 Å². The average Bonchev–Trinajstić information content (AvgIpc) is 2.49. The van der Waals surface area contributed by atoms with E-state index in [-0.39, 0.29) is 6.54 Å². The summed E-state index contributed by atoms with van der Waals surface area (Å²) in [6.45, 7) is 2.53. The van der Waals surface area contributed by atoms with Crippen LogP contribution < -0.4 is 5.73 Å². The first kappa shape index (κ1) is 14.7. The zero-order valence-electron chi connectivity index (χ0n) is 11.8. The van der Waals surface area contributed by atoms with Gasteiger partial charge in [-0.05, 0) is 30.2 Å². The van der Waals surface area contributed by atoms with Crippen molar-refractivity contribution in [2.45, 2.75) is 20.0 Å². The van der Waals surface area contributed by atoms with Crippen LogP contribution in [-0.4, -0.2) is 21.7 Å². The van der Waals surface area contributed by atoms with E-state index in [1.807, 2.05) is 37.3 Å². The summed E-state index contributed by atoms with van der Waals surface area (Å²) in [7, 11) is 0. The minimum atomic E-state index is -0.959. The number of nitrogens with two attached hydrogens (primary N) is 1. The van der Waals surface area contributed by atoms with E-state index in [0.717, 1.165) is 11.1 Å². The fourth-order valence-corrected chi connectivity index (χ4v) is 2.04. The van der Waals surface area contributed by atoms with Crippen molar-refractivity contribution in [2.24, 2.45) is 5.73 Å². The van der Waals surface area contributed by atoms with Crippen LogP contribution in [-0.2, 0) is 22.7 Å². The summed E-state index contributed by atoms with van der Waals surface area (Å²) in [6.07, 6.45) is 1.65. The van der Waals surface area contributed by atoms with Gasteiger partial charge >= 0.3 is 11.8 Å². The third-order valence-corrected chi connectivity index (χ3v) is 3.20. The Morgan fingerprint density at radius 1 is 1.10 bits per heavy atom. The molecule has 2 amide bonds. The summed E-state index contributed by atoms with van der Waals surface area (Å²) in [5, 5.41) is 0. The normalized spacial score (nSPS) is 10.1. The molecule has 1 heterocycles. The average molecular weight is 283 g/mol. The number of hydrogen-bond donors (Lipinski definition) is 1. The zero-order chi connectivity index (χ0) is 15.2. The van der Waals surface area contributed by atoms with Gasteiger partial charge in [0.2, 0.25) is 0 Å². The summed E-state index contributed by atoms with van der Waals surface area (Å²) in [5.41, 5.74) is 7.87. The lowest BCUT2D eigenvalue weighted by Crippen LogP contribution is -2.39. The van der Waals surface area contributed by atoms with Crippen LogP contribution in [0.3, 0.4) is 0 Å². The van der Waals surface area contributed by atoms with Crippen molar-refractivity contribution in [1.82, 2.24) is 9.88 Å². The highest BCUT2D eigenvalue weighted by atomic mass is 16.2. The molecule has 0 atom stereocenters. The standard InChI is InChI=1S/C16H17N3O2/c1-12-6-2-3-7-13(12)10-19(16(21)15(17)20)11-14-8-4-5-9-18-14/h2-9H,10-11H2,1H3,(H2,17,20). The molecule has 0 fully saturated rings. The van der Waals surface area contributed by atoms with Crippen molar-refractivity contribution in [3.8, 4) is 0 Å². The van der Waals surface area contributed by atoms with E-state index < -0.39 is 11.8 Å². The Morgan fingerprint density at radius 3 is 2.43 bits per heavy atom. The van der Waals surface area contributed by atoms with Crippen LogP contribution in [0, 0.1) is 6.92 Å². The van der Waals surface area contributed by atoms with Crippen LogP contribution in [0.25, 0.3) is 0 Å². The van der Waals surface area contributed by atoms with E-state index in [4.69, 9.17) is 5.73 Å². The molecule has 0 aliphatic heterocycles. The topological polar surface area (TPSA) is 76.3 Å². The number of aromatic nitrogens is 1. The molecule has 0 spiro atoms. The minimum Gasteiger partial charge on any atom is -0.361 e. The van der Waals surface area contributed by atoms with Crippen LogP contribution in [0.5, 0.6) is 0 Å². The summed E-state index contributed by atoms with van der Waals surface area (Å²) in [5.74, 6) is -1.66. The molecule has 0 saturated carbocycles. The Bertz CT molecular complexity index is 641. The Kier molecular flexibility index (Phi) is 4.66. The third kappa shape index (κ3) is 3.89. The molecular weight excluding hydrogens is 266 g/mol. The van der Waals surface area contributed by atoms with Crippen LogP contribution in [0.4, 0.5) is 0 Å². The number of hydrogen-bond acceptors (Lipinski definition) is 3. The minimum absolute atomic E-state index is 0.247. The predicted octanol–water partition coefficient (Wildman–Crippen LogP) is 1.40. The molecule has 2 aromatic rings. The number of aryl methyl sites for hydroxylation is 1. The van der Waals surface area contributed by atoms with Crippen LogP contribution in [0.2, 0.25) is 0 Å². The Labute approximate surface area is 123 Å². The maximum absolute atomic E-state index is 12.0. The first-order valence-corrected chi connectivity index (χ1v) is 6.61. The van der Waals surface area contributed by atoms with E-state index in [0.29, 0.717) is 12.2 Å². The van der Waals surface area contributed by atoms with Gasteiger partial charge in [0.25, 0.3) is 0 Å². The van der Waals surface area contributed by atoms with E-state index in [2.05, 4.69) is 4.98 Å². The van der Waals surface area contributed by atoms with Gasteiger partial charge in [0.15, 0.2) is 0 Å². The van der Waals surface area contributed by atoms with Crippen molar-refractivity contribution in [3.05, 3.63) is 65.5 Å². The van der Waals surface area contributed by atoms with E-state index in [1.165, 1.54) is 4.90 Å². The fourth-order valence-electron chi connectivity index (χ4n) is 2.04. The van der Waals surface area contributed by atoms with Gasteiger partial charge in [0.1, 0.15) is 0 Å². The van der Waals surface area contributed by atoms with Crippen molar-refractivity contribution in [3.63, 3.8) is 0 Å². The molecule has 2 rings (SSSR count). The van der Waals surface area contributed by atoms with Crippen molar-refractivity contribution in [1.29, 1.82) is 0 Å². The molecule has 0 aliphatic rings. The number of nitrogens with zero attached hydrogens (tertiary/aromatic N) is 2. The smallest absolute Gasteiger partial charge is 0.312 e. The largest absolute Gasteiger partial charge is 0.361 e. The molecule has 21 heavy (non-hydrogen) atoms. The van der Waals surface area contributed by atoms with E-state index in [1.54, 1.807) is 18.3 Å². The lowest BCUT2D eigenvalue weighted by molar-refractivity contribution is -0.145. The van der Waals surface area contributed by atoms with Gasteiger partial charge < -0.3 is 10.6 Å². The molecule has 0 bridgehead atoms. The summed E-state index contributed by atoms with van der Waals surface area (Å²) in [4.78, 5) is 28.8. The Balaban J connectivity index is 2.22. The van der Waals surface area contributed by atoms with Crippen LogP contribution in [0.1, 0.15) is 16.8 Å². The second-order valence-corrected chi connectivity index (χ2v) is 4.77. The van der Waals surface area contributed by atoms with E-state index in [9.17, 15) is 9.59 Å². The van der Waals surface area contributed by atoms with Gasteiger partial charge in [-0.1, -0.05) is 30.3 Å². The lowest BCUT2D eigenvalue weighted by Gasteiger charge is -2.21. The highest BCUT2D eigenvalue weighted by molar-refractivity contribution is 6.34. The molecule has 0 radical (unpaired) electrons. The quantitative estimate of drug-likeness (QED) is 0.862. The zero-order valence-corrected chi connectivity index (χ0v) is 11.8. The number of amides is 2. The molecule has 0 unspecified atom stereocenters. The summed E-state index contributed by atoms with van der Waals surface area (Å²) < 4.78 is 0. The number of pyridine rings is 1. The fraction of sp³-hybridized carbons (Fsp3) is 0.188. The number of carbonyl (C=O) groups is 2. The lowest BCUT2D eigenvalue weighted by atomic mass is 10.1. The first-order valence-electron chi connectivity index (χ1n) is 6.61.